The van der Waals surface area contributed by atoms with Gasteiger partial charge in [0.15, 0.2) is 0 Å². The fraction of sp³-hybridized carbons (Fsp3) is 0.444. The third kappa shape index (κ3) is 2.42. The Morgan fingerprint density at radius 3 is 2.71 bits per heavy atom. The zero-order valence-electron chi connectivity index (χ0n) is 8.30. The lowest BCUT2D eigenvalue weighted by Gasteiger charge is -2.16. The predicted octanol–water partition coefficient (Wildman–Crippen LogP) is 1.84. The Morgan fingerprint density at radius 2 is 2.29 bits per heavy atom. The lowest BCUT2D eigenvalue weighted by Crippen LogP contribution is -2.18. The van der Waals surface area contributed by atoms with Crippen molar-refractivity contribution in [1.82, 2.24) is 4.98 Å². The van der Waals surface area contributed by atoms with Crippen molar-refractivity contribution in [2.75, 3.05) is 18.5 Å². The zero-order valence-corrected chi connectivity index (χ0v) is 8.30. The van der Waals surface area contributed by atoms with Crippen LogP contribution in [0.3, 0.4) is 0 Å². The van der Waals surface area contributed by atoms with E-state index in [0.717, 1.165) is 18.8 Å². The third-order valence-electron chi connectivity index (χ3n) is 1.89. The first-order valence-corrected chi connectivity index (χ1v) is 4.46. The molecule has 0 fully saturated rings. The maximum absolute atomic E-state index is 10.4. The molecule has 0 saturated carbocycles. The lowest BCUT2D eigenvalue weighted by atomic mass is 10.3. The molecule has 76 valence electrons. The molecular formula is C9H13N3O2. The van der Waals surface area contributed by atoms with Crippen molar-refractivity contribution in [3.8, 4) is 0 Å². The first kappa shape index (κ1) is 10.4. The monoisotopic (exact) mass is 195 g/mol. The maximum atomic E-state index is 10.4. The Morgan fingerprint density at radius 1 is 1.57 bits per heavy atom. The smallest absolute Gasteiger partial charge is 0.287 e. The molecule has 1 aromatic heterocycles. The van der Waals surface area contributed by atoms with Crippen LogP contribution in [0.5, 0.6) is 0 Å². The van der Waals surface area contributed by atoms with Crippen LogP contribution in [0, 0.1) is 10.1 Å². The molecule has 0 aromatic carbocycles. The molecule has 0 radical (unpaired) electrons. The summed E-state index contributed by atoms with van der Waals surface area (Å²) in [7, 11) is 1.91. The van der Waals surface area contributed by atoms with Crippen LogP contribution in [0.1, 0.15) is 13.3 Å². The second-order valence-electron chi connectivity index (χ2n) is 3.05. The Hall–Kier alpha value is -1.65. The van der Waals surface area contributed by atoms with E-state index in [1.54, 1.807) is 6.07 Å². The molecule has 0 saturated heterocycles. The molecule has 1 heterocycles. The highest BCUT2D eigenvalue weighted by atomic mass is 16.6. The van der Waals surface area contributed by atoms with Gasteiger partial charge in [0.1, 0.15) is 12.0 Å². The van der Waals surface area contributed by atoms with Gasteiger partial charge in [-0.05, 0) is 12.5 Å². The standard InChI is InChI=1S/C9H13N3O2/c1-3-6-11(2)9-5-4-8(7-10-9)12(13)14/h4-5,7H,3,6H2,1-2H3. The largest absolute Gasteiger partial charge is 0.360 e. The van der Waals surface area contributed by atoms with E-state index in [-0.39, 0.29) is 5.69 Å². The predicted molar refractivity (Wildman–Crippen MR) is 54.5 cm³/mol. The molecule has 0 atom stereocenters. The normalized spacial score (nSPS) is 9.86. The van der Waals surface area contributed by atoms with E-state index in [2.05, 4.69) is 11.9 Å². The number of nitrogens with zero attached hydrogens (tertiary/aromatic N) is 3. The summed E-state index contributed by atoms with van der Waals surface area (Å²) in [5.74, 6) is 0.762. The van der Waals surface area contributed by atoms with E-state index >= 15 is 0 Å². The molecule has 5 nitrogen and oxygen atoms in total. The van der Waals surface area contributed by atoms with Gasteiger partial charge < -0.3 is 4.90 Å². The fourth-order valence-corrected chi connectivity index (χ4v) is 1.16. The summed E-state index contributed by atoms with van der Waals surface area (Å²) in [5, 5.41) is 10.4. The number of rotatable bonds is 4. The van der Waals surface area contributed by atoms with Gasteiger partial charge in [-0.2, -0.15) is 0 Å². The number of aromatic nitrogens is 1. The van der Waals surface area contributed by atoms with E-state index in [9.17, 15) is 10.1 Å². The highest BCUT2D eigenvalue weighted by Gasteiger charge is 2.06. The first-order valence-electron chi connectivity index (χ1n) is 4.46. The molecule has 1 rings (SSSR count). The minimum atomic E-state index is -0.448. The van der Waals surface area contributed by atoms with Gasteiger partial charge in [0.2, 0.25) is 0 Å². The quantitative estimate of drug-likeness (QED) is 0.543. The third-order valence-corrected chi connectivity index (χ3v) is 1.89. The number of hydrogen-bond acceptors (Lipinski definition) is 4. The summed E-state index contributed by atoms with van der Waals surface area (Å²) in [6.45, 7) is 2.96. The molecule has 0 bridgehead atoms. The van der Waals surface area contributed by atoms with Gasteiger partial charge in [-0.25, -0.2) is 4.98 Å². The van der Waals surface area contributed by atoms with Gasteiger partial charge in [-0.1, -0.05) is 6.92 Å². The van der Waals surface area contributed by atoms with E-state index in [1.807, 2.05) is 11.9 Å². The van der Waals surface area contributed by atoms with Crippen molar-refractivity contribution in [2.45, 2.75) is 13.3 Å². The summed E-state index contributed by atoms with van der Waals surface area (Å²) >= 11 is 0. The van der Waals surface area contributed by atoms with Crippen LogP contribution in [-0.4, -0.2) is 23.5 Å². The van der Waals surface area contributed by atoms with Gasteiger partial charge in [0, 0.05) is 19.7 Å². The minimum Gasteiger partial charge on any atom is -0.360 e. The Kier molecular flexibility index (Phi) is 3.39. The van der Waals surface area contributed by atoms with Crippen LogP contribution in [-0.2, 0) is 0 Å². The zero-order chi connectivity index (χ0) is 10.6. The first-order chi connectivity index (χ1) is 6.65. The van der Waals surface area contributed by atoms with Gasteiger partial charge >= 0.3 is 0 Å². The van der Waals surface area contributed by atoms with Gasteiger partial charge in [-0.15, -0.1) is 0 Å². The second kappa shape index (κ2) is 4.55. The topological polar surface area (TPSA) is 59.3 Å². The molecule has 5 heteroatoms. The summed E-state index contributed by atoms with van der Waals surface area (Å²) in [6, 6.07) is 3.13. The average molecular weight is 195 g/mol. The van der Waals surface area contributed by atoms with Gasteiger partial charge in [-0.3, -0.25) is 10.1 Å². The summed E-state index contributed by atoms with van der Waals surface area (Å²) in [4.78, 5) is 15.9. The maximum Gasteiger partial charge on any atom is 0.287 e. The molecule has 0 aliphatic carbocycles. The summed E-state index contributed by atoms with van der Waals surface area (Å²) in [6.07, 6.45) is 2.30. The number of nitro groups is 1. The van der Waals surface area contributed by atoms with E-state index in [4.69, 9.17) is 0 Å². The van der Waals surface area contributed by atoms with Crippen molar-refractivity contribution in [3.63, 3.8) is 0 Å². The van der Waals surface area contributed by atoms with Crippen LogP contribution < -0.4 is 4.90 Å². The number of pyridine rings is 1. The van der Waals surface area contributed by atoms with E-state index in [0.29, 0.717) is 0 Å². The molecule has 1 aromatic rings. The summed E-state index contributed by atoms with van der Waals surface area (Å²) in [5.41, 5.74) is 0.0265. The Balaban J connectivity index is 2.77. The van der Waals surface area contributed by atoms with Crippen molar-refractivity contribution in [2.24, 2.45) is 0 Å². The highest BCUT2D eigenvalue weighted by Crippen LogP contribution is 2.14. The molecule has 0 spiro atoms. The van der Waals surface area contributed by atoms with E-state index in [1.165, 1.54) is 12.3 Å². The highest BCUT2D eigenvalue weighted by molar-refractivity contribution is 5.41. The molecule has 14 heavy (non-hydrogen) atoms. The lowest BCUT2D eigenvalue weighted by molar-refractivity contribution is -0.385. The van der Waals surface area contributed by atoms with Crippen LogP contribution in [0.25, 0.3) is 0 Å². The van der Waals surface area contributed by atoms with Crippen LogP contribution >= 0.6 is 0 Å². The molecular weight excluding hydrogens is 182 g/mol. The number of anilines is 1. The van der Waals surface area contributed by atoms with Crippen LogP contribution in [0.15, 0.2) is 18.3 Å². The van der Waals surface area contributed by atoms with Crippen molar-refractivity contribution < 1.29 is 4.92 Å². The SMILES string of the molecule is CCCN(C)c1ccc([N+](=O)[O-])cn1. The van der Waals surface area contributed by atoms with Gasteiger partial charge in [0.25, 0.3) is 5.69 Å². The second-order valence-corrected chi connectivity index (χ2v) is 3.05. The van der Waals surface area contributed by atoms with Crippen molar-refractivity contribution in [3.05, 3.63) is 28.4 Å². The molecule has 0 N–H and O–H groups in total. The Labute approximate surface area is 82.5 Å². The molecule has 0 aliphatic rings. The Bertz CT molecular complexity index is 310. The van der Waals surface area contributed by atoms with E-state index < -0.39 is 4.92 Å². The average Bonchev–Trinajstić information content (AvgIpc) is 2.18. The molecule has 0 aliphatic heterocycles. The molecule has 0 unspecified atom stereocenters. The van der Waals surface area contributed by atoms with Gasteiger partial charge in [0.05, 0.1) is 4.92 Å². The van der Waals surface area contributed by atoms with Crippen molar-refractivity contribution in [1.29, 1.82) is 0 Å². The summed E-state index contributed by atoms with van der Waals surface area (Å²) < 4.78 is 0. The van der Waals surface area contributed by atoms with Crippen LogP contribution in [0.4, 0.5) is 11.5 Å². The fourth-order valence-electron chi connectivity index (χ4n) is 1.16. The van der Waals surface area contributed by atoms with Crippen LogP contribution in [0.2, 0.25) is 0 Å². The molecule has 0 amide bonds. The van der Waals surface area contributed by atoms with Crippen molar-refractivity contribution >= 4 is 11.5 Å². The minimum absolute atomic E-state index is 0.0265. The number of hydrogen-bond donors (Lipinski definition) is 0.